The molecule has 0 bridgehead atoms. The number of hydrazine groups is 1. The van der Waals surface area contributed by atoms with Crippen molar-refractivity contribution in [2.24, 2.45) is 0 Å². The van der Waals surface area contributed by atoms with Crippen LogP contribution in [0.1, 0.15) is 40.0 Å². The van der Waals surface area contributed by atoms with Gasteiger partial charge in [-0.25, -0.2) is 15.4 Å². The molecule has 0 saturated heterocycles. The smallest absolute Gasteiger partial charge is 0.137 e. The second-order valence-corrected chi connectivity index (χ2v) is 6.80. The van der Waals surface area contributed by atoms with Crippen LogP contribution >= 0.6 is 11.3 Å². The van der Waals surface area contributed by atoms with Gasteiger partial charge in [0.05, 0.1) is 0 Å². The van der Waals surface area contributed by atoms with Crippen LogP contribution in [-0.2, 0) is 0 Å². The van der Waals surface area contributed by atoms with E-state index < -0.39 is 0 Å². The molecular weight excluding hydrogens is 342 g/mol. The summed E-state index contributed by atoms with van der Waals surface area (Å²) in [7, 11) is 0. The molecule has 5 nitrogen and oxygen atoms in total. The van der Waals surface area contributed by atoms with Gasteiger partial charge in [-0.1, -0.05) is 26.8 Å². The average molecular weight is 372 g/mol. The zero-order valence-corrected chi connectivity index (χ0v) is 16.8. The Kier molecular flexibility index (Phi) is 8.31. The number of nitrogens with one attached hydrogen (secondary N) is 2. The van der Waals surface area contributed by atoms with Crippen LogP contribution in [0, 0.1) is 0 Å². The van der Waals surface area contributed by atoms with Gasteiger partial charge in [-0.05, 0) is 31.9 Å². The lowest BCUT2D eigenvalue weighted by molar-refractivity contribution is 0.250. The van der Waals surface area contributed by atoms with Crippen molar-refractivity contribution in [3.05, 3.63) is 48.4 Å². The van der Waals surface area contributed by atoms with Crippen LogP contribution in [0.25, 0.3) is 21.6 Å². The molecule has 6 heteroatoms. The number of H-pyrrole nitrogens is 1. The van der Waals surface area contributed by atoms with Gasteiger partial charge in [-0.2, -0.15) is 0 Å². The minimum Gasteiger partial charge on any atom is -0.346 e. The molecule has 3 aromatic rings. The molecule has 0 fully saturated rings. The summed E-state index contributed by atoms with van der Waals surface area (Å²) in [5.41, 5.74) is 6.60. The summed E-state index contributed by atoms with van der Waals surface area (Å²) in [5, 5.41) is 6.29. The topological polar surface area (TPSA) is 56.8 Å². The maximum atomic E-state index is 4.29. The predicted octanol–water partition coefficient (Wildman–Crippen LogP) is 5.22. The maximum absolute atomic E-state index is 4.29. The van der Waals surface area contributed by atoms with Crippen LogP contribution in [0.2, 0.25) is 0 Å². The number of rotatable bonds is 8. The first-order valence-electron chi connectivity index (χ1n) is 9.21. The predicted molar refractivity (Wildman–Crippen MR) is 112 cm³/mol. The molecule has 26 heavy (non-hydrogen) atoms. The van der Waals surface area contributed by atoms with Crippen LogP contribution < -0.4 is 5.43 Å². The number of hydrogen-bond donors (Lipinski definition) is 2. The zero-order chi connectivity index (χ0) is 18.8. The number of fused-ring (bicyclic) bond motifs is 1. The van der Waals surface area contributed by atoms with Crippen molar-refractivity contribution >= 4 is 22.4 Å². The number of aromatic nitrogens is 3. The highest BCUT2D eigenvalue weighted by Crippen LogP contribution is 2.27. The Bertz CT molecular complexity index is 778. The number of hydrogen-bond acceptors (Lipinski definition) is 5. The molecule has 3 aromatic heterocycles. The number of nitrogens with zero attached hydrogens (tertiary/aromatic N) is 3. The molecule has 0 atom stereocenters. The summed E-state index contributed by atoms with van der Waals surface area (Å²) >= 11 is 1.64. The maximum Gasteiger partial charge on any atom is 0.137 e. The minimum atomic E-state index is 0.915. The normalized spacial score (nSPS) is 10.4. The van der Waals surface area contributed by atoms with E-state index in [1.807, 2.05) is 29.9 Å². The molecule has 0 radical (unpaired) electrons. The first-order chi connectivity index (χ1) is 12.7. The molecule has 0 unspecified atom stereocenters. The third kappa shape index (κ3) is 5.41. The fourth-order valence-electron chi connectivity index (χ4n) is 2.62. The van der Waals surface area contributed by atoms with E-state index in [2.05, 4.69) is 52.7 Å². The zero-order valence-electron chi connectivity index (χ0n) is 16.0. The highest BCUT2D eigenvalue weighted by molar-refractivity contribution is 7.13. The molecule has 3 rings (SSSR count). The fourth-order valence-corrected chi connectivity index (χ4v) is 3.30. The lowest BCUT2D eigenvalue weighted by Gasteiger charge is -2.25. The Hall–Kier alpha value is -2.18. The van der Waals surface area contributed by atoms with Crippen molar-refractivity contribution in [2.45, 2.75) is 40.0 Å². The van der Waals surface area contributed by atoms with E-state index in [0.29, 0.717) is 0 Å². The van der Waals surface area contributed by atoms with Gasteiger partial charge >= 0.3 is 0 Å². The second kappa shape index (κ2) is 10.7. The first-order valence-corrected chi connectivity index (χ1v) is 10.1. The number of thiazole rings is 1. The number of allylic oxidation sites excluding steroid dienone is 1. The van der Waals surface area contributed by atoms with Crippen molar-refractivity contribution < 1.29 is 0 Å². The van der Waals surface area contributed by atoms with E-state index >= 15 is 0 Å². The van der Waals surface area contributed by atoms with Crippen molar-refractivity contribution in [1.82, 2.24) is 25.4 Å². The van der Waals surface area contributed by atoms with Crippen LogP contribution in [0.3, 0.4) is 0 Å². The highest BCUT2D eigenvalue weighted by atomic mass is 32.1. The van der Waals surface area contributed by atoms with Gasteiger partial charge in [0, 0.05) is 53.7 Å². The van der Waals surface area contributed by atoms with Gasteiger partial charge in [0.15, 0.2) is 0 Å². The van der Waals surface area contributed by atoms with Gasteiger partial charge in [0.25, 0.3) is 0 Å². The Balaban J connectivity index is 0.000000191. The largest absolute Gasteiger partial charge is 0.346 e. The molecule has 140 valence electrons. The summed E-state index contributed by atoms with van der Waals surface area (Å²) < 4.78 is 0. The molecular formula is C20H29N5S. The van der Waals surface area contributed by atoms with E-state index in [1.54, 1.807) is 17.5 Å². The molecule has 2 N–H and O–H groups in total. The van der Waals surface area contributed by atoms with E-state index in [-0.39, 0.29) is 0 Å². The van der Waals surface area contributed by atoms with Crippen LogP contribution in [0.4, 0.5) is 0 Å². The van der Waals surface area contributed by atoms with Crippen molar-refractivity contribution in [2.75, 3.05) is 13.1 Å². The molecule has 0 aliphatic heterocycles. The Morgan fingerprint density at radius 3 is 2.69 bits per heavy atom. The highest BCUT2D eigenvalue weighted by Gasteiger charge is 2.06. The van der Waals surface area contributed by atoms with E-state index in [9.17, 15) is 0 Å². The average Bonchev–Trinajstić information content (AvgIpc) is 3.34. The summed E-state index contributed by atoms with van der Waals surface area (Å²) in [6.07, 6.45) is 8.94. The Morgan fingerprint density at radius 1 is 1.19 bits per heavy atom. The Morgan fingerprint density at radius 2 is 2.04 bits per heavy atom. The Labute approximate surface area is 160 Å². The third-order valence-corrected chi connectivity index (χ3v) is 4.72. The second-order valence-electron chi connectivity index (χ2n) is 5.90. The van der Waals surface area contributed by atoms with E-state index in [4.69, 9.17) is 0 Å². The molecule has 3 heterocycles. The van der Waals surface area contributed by atoms with Gasteiger partial charge in [-0.3, -0.25) is 0 Å². The summed E-state index contributed by atoms with van der Waals surface area (Å²) in [5.74, 6) is 0. The van der Waals surface area contributed by atoms with E-state index in [0.717, 1.165) is 47.5 Å². The van der Waals surface area contributed by atoms with Crippen LogP contribution in [-0.4, -0.2) is 33.1 Å². The van der Waals surface area contributed by atoms with E-state index in [1.165, 1.54) is 12.1 Å². The van der Waals surface area contributed by atoms with Gasteiger partial charge in [0.1, 0.15) is 10.7 Å². The molecule has 0 saturated carbocycles. The van der Waals surface area contributed by atoms with Crippen LogP contribution in [0.15, 0.2) is 48.4 Å². The molecule has 0 aliphatic rings. The number of pyridine rings is 1. The molecule has 0 aromatic carbocycles. The minimum absolute atomic E-state index is 0.915. The number of aromatic amines is 1. The lowest BCUT2D eigenvalue weighted by Crippen LogP contribution is -2.37. The fraction of sp³-hybridized carbons (Fsp3) is 0.400. The standard InChI is InChI=1S/C10H7N3S.C10H22N2/c1-3-11-9-7(1)8(2-4-12-9)10-13-5-6-14-10;1-5-8-10(4)12(7-3)11-9-6-2/h1-6H,(H,11,12);11H,4-9H2,1-3H3. The lowest BCUT2D eigenvalue weighted by atomic mass is 10.2. The summed E-state index contributed by atoms with van der Waals surface area (Å²) in [6, 6.07) is 4.02. The van der Waals surface area contributed by atoms with Gasteiger partial charge in [0.2, 0.25) is 0 Å². The first kappa shape index (κ1) is 20.1. The monoisotopic (exact) mass is 371 g/mol. The summed E-state index contributed by atoms with van der Waals surface area (Å²) in [6.45, 7) is 12.6. The van der Waals surface area contributed by atoms with Gasteiger partial charge in [-0.15, -0.1) is 11.3 Å². The molecule has 0 spiro atoms. The van der Waals surface area contributed by atoms with Crippen LogP contribution in [0.5, 0.6) is 0 Å². The SMILES string of the molecule is C=C(CCC)N(CC)NCCC.c1csc(-c2ccnc3[nH]ccc23)n1. The quantitative estimate of drug-likeness (QED) is 0.533. The van der Waals surface area contributed by atoms with Crippen molar-refractivity contribution in [3.8, 4) is 10.6 Å². The molecule has 0 amide bonds. The van der Waals surface area contributed by atoms with Gasteiger partial charge < -0.3 is 9.99 Å². The van der Waals surface area contributed by atoms with Crippen molar-refractivity contribution in [3.63, 3.8) is 0 Å². The third-order valence-electron chi connectivity index (χ3n) is 3.91. The summed E-state index contributed by atoms with van der Waals surface area (Å²) in [4.78, 5) is 11.6. The van der Waals surface area contributed by atoms with Crippen molar-refractivity contribution in [1.29, 1.82) is 0 Å². The molecule has 0 aliphatic carbocycles.